The minimum atomic E-state index is -0.829. The minimum absolute atomic E-state index is 0.504. The summed E-state index contributed by atoms with van der Waals surface area (Å²) in [6.45, 7) is 3.51. The van der Waals surface area contributed by atoms with E-state index in [9.17, 15) is 4.79 Å². The molecular formula is C13H13NO3. The SMILES string of the molecule is Cc1coc(-c2ccc(C(C)C(=O)O)cc2)n1. The molecule has 4 nitrogen and oxygen atoms in total. The van der Waals surface area contributed by atoms with Crippen LogP contribution in [0, 0.1) is 6.92 Å². The van der Waals surface area contributed by atoms with Crippen molar-refractivity contribution >= 4 is 5.97 Å². The highest BCUT2D eigenvalue weighted by Gasteiger charge is 2.13. The Morgan fingerprint density at radius 3 is 2.47 bits per heavy atom. The lowest BCUT2D eigenvalue weighted by molar-refractivity contribution is -0.138. The van der Waals surface area contributed by atoms with E-state index in [0.29, 0.717) is 5.89 Å². The second-order valence-corrected chi connectivity index (χ2v) is 3.98. The second-order valence-electron chi connectivity index (χ2n) is 3.98. The van der Waals surface area contributed by atoms with Crippen LogP contribution in [0.25, 0.3) is 11.5 Å². The van der Waals surface area contributed by atoms with Crippen molar-refractivity contribution < 1.29 is 14.3 Å². The number of benzene rings is 1. The average molecular weight is 231 g/mol. The number of nitrogens with zero attached hydrogens (tertiary/aromatic N) is 1. The van der Waals surface area contributed by atoms with Crippen molar-refractivity contribution in [1.82, 2.24) is 4.98 Å². The summed E-state index contributed by atoms with van der Waals surface area (Å²) in [5.74, 6) is -0.780. The van der Waals surface area contributed by atoms with Gasteiger partial charge in [0.2, 0.25) is 5.89 Å². The number of oxazole rings is 1. The molecule has 4 heteroatoms. The minimum Gasteiger partial charge on any atom is -0.481 e. The molecule has 1 atom stereocenters. The van der Waals surface area contributed by atoms with Crippen LogP contribution in [-0.4, -0.2) is 16.1 Å². The first-order chi connectivity index (χ1) is 8.08. The molecule has 1 N–H and O–H groups in total. The maximum absolute atomic E-state index is 10.8. The van der Waals surface area contributed by atoms with Crippen molar-refractivity contribution in [2.24, 2.45) is 0 Å². The molecule has 0 amide bonds. The molecule has 0 aliphatic heterocycles. The van der Waals surface area contributed by atoms with E-state index in [2.05, 4.69) is 4.98 Å². The maximum Gasteiger partial charge on any atom is 0.310 e. The van der Waals surface area contributed by atoms with Crippen LogP contribution in [0.3, 0.4) is 0 Å². The summed E-state index contributed by atoms with van der Waals surface area (Å²) in [6.07, 6.45) is 1.59. The fourth-order valence-electron chi connectivity index (χ4n) is 1.54. The van der Waals surface area contributed by atoms with Crippen LogP contribution in [-0.2, 0) is 4.79 Å². The van der Waals surface area contributed by atoms with Gasteiger partial charge in [-0.3, -0.25) is 4.79 Å². The van der Waals surface area contributed by atoms with Crippen molar-refractivity contribution in [3.8, 4) is 11.5 Å². The van der Waals surface area contributed by atoms with Gasteiger partial charge in [0.05, 0.1) is 11.6 Å². The molecule has 2 aromatic rings. The van der Waals surface area contributed by atoms with E-state index >= 15 is 0 Å². The summed E-state index contributed by atoms with van der Waals surface area (Å²) in [4.78, 5) is 15.0. The first-order valence-electron chi connectivity index (χ1n) is 5.33. The van der Waals surface area contributed by atoms with E-state index in [-0.39, 0.29) is 0 Å². The van der Waals surface area contributed by atoms with Gasteiger partial charge in [-0.25, -0.2) is 4.98 Å². The van der Waals surface area contributed by atoms with Crippen LogP contribution in [0.4, 0.5) is 0 Å². The molecule has 0 aliphatic rings. The molecule has 1 heterocycles. The lowest BCUT2D eigenvalue weighted by Crippen LogP contribution is -2.06. The number of carboxylic acids is 1. The molecule has 2 rings (SSSR count). The monoisotopic (exact) mass is 231 g/mol. The standard InChI is InChI=1S/C13H13NO3/c1-8-7-17-12(14-8)11-5-3-10(4-6-11)9(2)13(15)16/h3-7,9H,1-2H3,(H,15,16). The Morgan fingerprint density at radius 1 is 1.35 bits per heavy atom. The molecule has 1 aromatic heterocycles. The lowest BCUT2D eigenvalue weighted by Gasteiger charge is -2.06. The molecule has 17 heavy (non-hydrogen) atoms. The maximum atomic E-state index is 10.8. The third kappa shape index (κ3) is 2.36. The van der Waals surface area contributed by atoms with Crippen LogP contribution < -0.4 is 0 Å². The van der Waals surface area contributed by atoms with Gasteiger partial charge in [-0.05, 0) is 31.5 Å². The normalized spacial score (nSPS) is 12.4. The molecule has 1 aromatic carbocycles. The summed E-state index contributed by atoms with van der Waals surface area (Å²) < 4.78 is 5.27. The van der Waals surface area contributed by atoms with E-state index in [1.165, 1.54) is 0 Å². The Morgan fingerprint density at radius 2 is 2.00 bits per heavy atom. The van der Waals surface area contributed by atoms with Gasteiger partial charge in [0.1, 0.15) is 6.26 Å². The van der Waals surface area contributed by atoms with Crippen LogP contribution in [0.2, 0.25) is 0 Å². The molecular weight excluding hydrogens is 218 g/mol. The largest absolute Gasteiger partial charge is 0.481 e. The number of aryl methyl sites for hydroxylation is 1. The third-order valence-corrected chi connectivity index (χ3v) is 2.65. The van der Waals surface area contributed by atoms with Gasteiger partial charge in [0.25, 0.3) is 0 Å². The van der Waals surface area contributed by atoms with E-state index in [1.807, 2.05) is 19.1 Å². The highest BCUT2D eigenvalue weighted by Crippen LogP contribution is 2.22. The molecule has 0 radical (unpaired) electrons. The molecule has 88 valence electrons. The summed E-state index contributed by atoms with van der Waals surface area (Å²) >= 11 is 0. The molecule has 0 bridgehead atoms. The molecule has 0 fully saturated rings. The molecule has 0 saturated carbocycles. The van der Waals surface area contributed by atoms with Gasteiger partial charge >= 0.3 is 5.97 Å². The zero-order chi connectivity index (χ0) is 12.4. The van der Waals surface area contributed by atoms with Crippen LogP contribution in [0.5, 0.6) is 0 Å². The number of carbonyl (C=O) groups is 1. The predicted molar refractivity (Wildman–Crippen MR) is 62.7 cm³/mol. The lowest BCUT2D eigenvalue weighted by atomic mass is 10.0. The van der Waals surface area contributed by atoms with Gasteiger partial charge in [-0.2, -0.15) is 0 Å². The van der Waals surface area contributed by atoms with E-state index in [1.54, 1.807) is 25.3 Å². The Kier molecular flexibility index (Phi) is 2.95. The number of aliphatic carboxylic acids is 1. The Hall–Kier alpha value is -2.10. The van der Waals surface area contributed by atoms with Crippen molar-refractivity contribution in [2.75, 3.05) is 0 Å². The summed E-state index contributed by atoms with van der Waals surface area (Å²) in [5.41, 5.74) is 2.44. The number of rotatable bonds is 3. The van der Waals surface area contributed by atoms with Gasteiger partial charge in [-0.15, -0.1) is 0 Å². The van der Waals surface area contributed by atoms with Gasteiger partial charge in [-0.1, -0.05) is 12.1 Å². The van der Waals surface area contributed by atoms with Crippen LogP contribution in [0.15, 0.2) is 34.9 Å². The first kappa shape index (κ1) is 11.4. The predicted octanol–water partition coefficient (Wildman–Crippen LogP) is 2.84. The number of aromatic nitrogens is 1. The zero-order valence-electron chi connectivity index (χ0n) is 9.68. The quantitative estimate of drug-likeness (QED) is 0.882. The smallest absolute Gasteiger partial charge is 0.310 e. The molecule has 0 aliphatic carbocycles. The fraction of sp³-hybridized carbons (Fsp3) is 0.231. The Balaban J connectivity index is 2.27. The highest BCUT2D eigenvalue weighted by atomic mass is 16.4. The van der Waals surface area contributed by atoms with E-state index < -0.39 is 11.9 Å². The average Bonchev–Trinajstić information content (AvgIpc) is 2.75. The third-order valence-electron chi connectivity index (χ3n) is 2.65. The van der Waals surface area contributed by atoms with E-state index in [4.69, 9.17) is 9.52 Å². The first-order valence-corrected chi connectivity index (χ1v) is 5.33. The number of hydrogen-bond acceptors (Lipinski definition) is 3. The summed E-state index contributed by atoms with van der Waals surface area (Å²) in [5, 5.41) is 8.89. The van der Waals surface area contributed by atoms with Gasteiger partial charge in [0, 0.05) is 5.56 Å². The topological polar surface area (TPSA) is 63.3 Å². The van der Waals surface area contributed by atoms with Gasteiger partial charge in [0.15, 0.2) is 0 Å². The van der Waals surface area contributed by atoms with Crippen molar-refractivity contribution in [1.29, 1.82) is 0 Å². The Labute approximate surface area is 98.9 Å². The van der Waals surface area contributed by atoms with Crippen molar-refractivity contribution in [2.45, 2.75) is 19.8 Å². The van der Waals surface area contributed by atoms with Crippen molar-refractivity contribution in [3.63, 3.8) is 0 Å². The van der Waals surface area contributed by atoms with Crippen molar-refractivity contribution in [3.05, 3.63) is 41.8 Å². The Bertz CT molecular complexity index is 528. The summed E-state index contributed by atoms with van der Waals surface area (Å²) in [6, 6.07) is 7.21. The summed E-state index contributed by atoms with van der Waals surface area (Å²) in [7, 11) is 0. The second kappa shape index (κ2) is 4.41. The molecule has 1 unspecified atom stereocenters. The zero-order valence-corrected chi connectivity index (χ0v) is 9.68. The van der Waals surface area contributed by atoms with E-state index in [0.717, 1.165) is 16.8 Å². The highest BCUT2D eigenvalue weighted by molar-refractivity contribution is 5.75. The fourth-order valence-corrected chi connectivity index (χ4v) is 1.54. The van der Waals surface area contributed by atoms with Crippen LogP contribution in [0.1, 0.15) is 24.1 Å². The number of hydrogen-bond donors (Lipinski definition) is 1. The molecule has 0 saturated heterocycles. The van der Waals surface area contributed by atoms with Crippen LogP contribution >= 0.6 is 0 Å². The number of carboxylic acid groups (broad SMARTS) is 1. The molecule has 0 spiro atoms. The van der Waals surface area contributed by atoms with Gasteiger partial charge < -0.3 is 9.52 Å².